The molecule has 0 saturated carbocycles. The summed E-state index contributed by atoms with van der Waals surface area (Å²) in [7, 11) is 0. The Balaban J connectivity index is 2.09. The van der Waals surface area contributed by atoms with Crippen molar-refractivity contribution >= 4 is 44.7 Å². The maximum Gasteiger partial charge on any atom is 0.0656 e. The number of fused-ring (bicyclic) bond motifs is 1. The van der Waals surface area contributed by atoms with E-state index in [0.717, 1.165) is 13.0 Å². The third-order valence-electron chi connectivity index (χ3n) is 3.53. The Bertz CT molecular complexity index is 733. The minimum absolute atomic E-state index is 0.211. The second kappa shape index (κ2) is 6.85. The van der Waals surface area contributed by atoms with Crippen LogP contribution in [0, 0.1) is 2.88 Å². The van der Waals surface area contributed by atoms with Gasteiger partial charge in [0.25, 0.3) is 0 Å². The highest BCUT2D eigenvalue weighted by molar-refractivity contribution is 14.1. The van der Waals surface area contributed by atoms with E-state index in [2.05, 4.69) is 75.5 Å². The molecule has 0 amide bonds. The zero-order valence-electron chi connectivity index (χ0n) is 11.8. The molecule has 0 saturated heterocycles. The summed E-state index contributed by atoms with van der Waals surface area (Å²) in [6, 6.07) is 10.9. The Morgan fingerprint density at radius 1 is 1.29 bits per heavy atom. The monoisotopic (exact) mass is 408 g/mol. The Hall–Kier alpha value is -0.980. The first-order valence-corrected chi connectivity index (χ1v) is 9.05. The molecule has 4 heteroatoms. The number of aromatic nitrogens is 1. The van der Waals surface area contributed by atoms with E-state index in [9.17, 15) is 0 Å². The lowest BCUT2D eigenvalue weighted by atomic mass is 9.97. The van der Waals surface area contributed by atoms with Crippen molar-refractivity contribution in [1.29, 1.82) is 0 Å². The highest BCUT2D eigenvalue weighted by Gasteiger charge is 2.17. The van der Waals surface area contributed by atoms with E-state index < -0.39 is 0 Å². The summed E-state index contributed by atoms with van der Waals surface area (Å²) in [6.07, 6.45) is 5.06. The van der Waals surface area contributed by atoms with E-state index in [4.69, 9.17) is 0 Å². The summed E-state index contributed by atoms with van der Waals surface area (Å²) in [4.78, 5) is 4.44. The molecule has 0 aliphatic carbocycles. The molecule has 2 heterocycles. The SMILES string of the molecule is CCCNC(c1csc(I)c1)c1cncc2ccccc12. The fraction of sp³-hybridized carbons (Fsp3) is 0.235. The molecular weight excluding hydrogens is 391 g/mol. The van der Waals surface area contributed by atoms with E-state index in [-0.39, 0.29) is 6.04 Å². The lowest BCUT2D eigenvalue weighted by Crippen LogP contribution is -2.23. The zero-order chi connectivity index (χ0) is 14.7. The van der Waals surface area contributed by atoms with Crippen LogP contribution in [0.25, 0.3) is 10.8 Å². The number of nitrogens with zero attached hydrogens (tertiary/aromatic N) is 1. The number of nitrogens with one attached hydrogen (secondary N) is 1. The smallest absolute Gasteiger partial charge is 0.0656 e. The summed E-state index contributed by atoms with van der Waals surface area (Å²) < 4.78 is 1.32. The molecule has 0 spiro atoms. The first kappa shape index (κ1) is 14.9. The molecule has 1 aromatic carbocycles. The molecule has 108 valence electrons. The number of hydrogen-bond donors (Lipinski definition) is 1. The van der Waals surface area contributed by atoms with Gasteiger partial charge in [-0.05, 0) is 63.5 Å². The van der Waals surface area contributed by atoms with Crippen LogP contribution in [0.2, 0.25) is 0 Å². The summed E-state index contributed by atoms with van der Waals surface area (Å²) in [6.45, 7) is 3.20. The van der Waals surface area contributed by atoms with E-state index in [1.165, 1.54) is 24.8 Å². The second-order valence-electron chi connectivity index (χ2n) is 5.02. The second-order valence-corrected chi connectivity index (χ2v) is 7.83. The molecule has 0 radical (unpaired) electrons. The normalized spacial score (nSPS) is 12.7. The quantitative estimate of drug-likeness (QED) is 0.602. The van der Waals surface area contributed by atoms with Crippen LogP contribution >= 0.6 is 33.9 Å². The van der Waals surface area contributed by atoms with Gasteiger partial charge >= 0.3 is 0 Å². The molecule has 0 aliphatic rings. The third kappa shape index (κ3) is 3.27. The molecule has 2 nitrogen and oxygen atoms in total. The number of rotatable bonds is 5. The first-order chi connectivity index (χ1) is 10.3. The Kier molecular flexibility index (Phi) is 4.87. The van der Waals surface area contributed by atoms with Crippen LogP contribution in [0.3, 0.4) is 0 Å². The molecule has 0 fully saturated rings. The van der Waals surface area contributed by atoms with Gasteiger partial charge in [0.2, 0.25) is 0 Å². The number of halogens is 1. The van der Waals surface area contributed by atoms with Gasteiger partial charge in [-0.2, -0.15) is 0 Å². The third-order valence-corrected chi connectivity index (χ3v) is 5.34. The number of benzene rings is 1. The van der Waals surface area contributed by atoms with Crippen molar-refractivity contribution < 1.29 is 0 Å². The van der Waals surface area contributed by atoms with Gasteiger partial charge in [-0.15, -0.1) is 11.3 Å². The standard InChI is InChI=1S/C17H17IN2S/c1-2-7-20-17(13-8-16(18)21-11-13)15-10-19-9-12-5-3-4-6-14(12)15/h3-6,8-11,17,20H,2,7H2,1H3. The Morgan fingerprint density at radius 2 is 2.14 bits per heavy atom. The molecule has 2 aromatic heterocycles. The van der Waals surface area contributed by atoms with Crippen molar-refractivity contribution in [2.24, 2.45) is 0 Å². The lowest BCUT2D eigenvalue weighted by molar-refractivity contribution is 0.601. The average molecular weight is 408 g/mol. The molecule has 3 rings (SSSR count). The Labute approximate surface area is 142 Å². The molecule has 0 bridgehead atoms. The summed E-state index contributed by atoms with van der Waals surface area (Å²) >= 11 is 4.18. The van der Waals surface area contributed by atoms with Crippen molar-refractivity contribution in [1.82, 2.24) is 10.3 Å². The summed E-state index contributed by atoms with van der Waals surface area (Å²) in [5.41, 5.74) is 2.59. The van der Waals surface area contributed by atoms with Gasteiger partial charge in [0, 0.05) is 17.8 Å². The highest BCUT2D eigenvalue weighted by atomic mass is 127. The van der Waals surface area contributed by atoms with Gasteiger partial charge in [-0.3, -0.25) is 4.98 Å². The van der Waals surface area contributed by atoms with Crippen molar-refractivity contribution in [3.63, 3.8) is 0 Å². The molecule has 0 aliphatic heterocycles. The fourth-order valence-electron chi connectivity index (χ4n) is 2.54. The first-order valence-electron chi connectivity index (χ1n) is 7.09. The van der Waals surface area contributed by atoms with Crippen molar-refractivity contribution in [3.05, 3.63) is 62.1 Å². The van der Waals surface area contributed by atoms with Gasteiger partial charge in [0.1, 0.15) is 0 Å². The van der Waals surface area contributed by atoms with Gasteiger partial charge in [0.05, 0.1) is 8.93 Å². The van der Waals surface area contributed by atoms with Crippen LogP contribution in [-0.4, -0.2) is 11.5 Å². The van der Waals surface area contributed by atoms with Crippen LogP contribution in [0.15, 0.2) is 48.1 Å². The minimum atomic E-state index is 0.211. The maximum atomic E-state index is 4.44. The van der Waals surface area contributed by atoms with E-state index in [1.54, 1.807) is 11.3 Å². The molecular formula is C17H17IN2S. The van der Waals surface area contributed by atoms with E-state index in [1.807, 2.05) is 12.4 Å². The van der Waals surface area contributed by atoms with Crippen molar-refractivity contribution in [2.75, 3.05) is 6.54 Å². The lowest BCUT2D eigenvalue weighted by Gasteiger charge is -2.19. The predicted molar refractivity (Wildman–Crippen MR) is 98.9 cm³/mol. The highest BCUT2D eigenvalue weighted by Crippen LogP contribution is 2.31. The summed E-state index contributed by atoms with van der Waals surface area (Å²) in [5, 5.41) is 8.40. The number of hydrogen-bond acceptors (Lipinski definition) is 3. The molecule has 1 N–H and O–H groups in total. The van der Waals surface area contributed by atoms with E-state index in [0.29, 0.717) is 0 Å². The zero-order valence-corrected chi connectivity index (χ0v) is 14.8. The number of pyridine rings is 1. The Morgan fingerprint density at radius 3 is 2.90 bits per heavy atom. The van der Waals surface area contributed by atoms with Crippen LogP contribution in [0.4, 0.5) is 0 Å². The molecule has 21 heavy (non-hydrogen) atoms. The molecule has 1 atom stereocenters. The van der Waals surface area contributed by atoms with Gasteiger partial charge in [-0.25, -0.2) is 0 Å². The molecule has 1 unspecified atom stereocenters. The van der Waals surface area contributed by atoms with Crippen molar-refractivity contribution in [2.45, 2.75) is 19.4 Å². The van der Waals surface area contributed by atoms with Gasteiger partial charge in [-0.1, -0.05) is 31.2 Å². The molecule has 3 aromatic rings. The largest absolute Gasteiger partial charge is 0.306 e. The predicted octanol–water partition coefficient (Wildman–Crippen LogP) is 4.99. The van der Waals surface area contributed by atoms with E-state index >= 15 is 0 Å². The van der Waals surface area contributed by atoms with Crippen LogP contribution in [0.1, 0.15) is 30.5 Å². The maximum absolute atomic E-state index is 4.44. The topological polar surface area (TPSA) is 24.9 Å². The van der Waals surface area contributed by atoms with Crippen molar-refractivity contribution in [3.8, 4) is 0 Å². The van der Waals surface area contributed by atoms with Crippen LogP contribution in [0.5, 0.6) is 0 Å². The van der Waals surface area contributed by atoms with Crippen LogP contribution < -0.4 is 5.32 Å². The summed E-state index contributed by atoms with van der Waals surface area (Å²) in [5.74, 6) is 0. The average Bonchev–Trinajstić information content (AvgIpc) is 2.94. The van der Waals surface area contributed by atoms with Crippen LogP contribution in [-0.2, 0) is 0 Å². The minimum Gasteiger partial charge on any atom is -0.306 e. The van der Waals surface area contributed by atoms with Gasteiger partial charge in [0.15, 0.2) is 0 Å². The number of thiophene rings is 1. The fourth-order valence-corrected chi connectivity index (χ4v) is 3.94. The van der Waals surface area contributed by atoms with Gasteiger partial charge < -0.3 is 5.32 Å².